The van der Waals surface area contributed by atoms with Crippen LogP contribution in [0.15, 0.2) is 44.4 Å². The fourth-order valence-corrected chi connectivity index (χ4v) is 4.98. The van der Waals surface area contributed by atoms with E-state index in [4.69, 9.17) is 13.9 Å². The van der Waals surface area contributed by atoms with Gasteiger partial charge in [0, 0.05) is 12.0 Å². The number of halogens is 1. The summed E-state index contributed by atoms with van der Waals surface area (Å²) in [4.78, 5) is 11.5. The van der Waals surface area contributed by atoms with Gasteiger partial charge in [-0.25, -0.2) is 22.7 Å². The first-order chi connectivity index (χ1) is 15.2. The molecule has 1 aliphatic heterocycles. The third-order valence-corrected chi connectivity index (χ3v) is 6.95. The Kier molecular flexibility index (Phi) is 5.78. The summed E-state index contributed by atoms with van der Waals surface area (Å²) in [5.41, 5.74) is 1.80. The zero-order valence-corrected chi connectivity index (χ0v) is 18.5. The van der Waals surface area contributed by atoms with E-state index in [1.807, 2.05) is 6.92 Å². The number of hydrogen-bond acceptors (Lipinski definition) is 7. The fraction of sp³-hybridized carbons (Fsp3) is 0.333. The second-order valence-corrected chi connectivity index (χ2v) is 9.26. The summed E-state index contributed by atoms with van der Waals surface area (Å²) in [6, 6.07) is 6.02. The standard InChI is InChI=1S/C21H22FN3O6S/c1-11-4-6-15(22)18(12(11)2)13(3)19(20-23-24-21(26)31-20)25-32(27,28)14-5-7-16-17(10-14)30-9-8-29-16/h4-7,10,13,19,25H,8-9H2,1-3H3,(H,24,26)/t13-,19+/m1/s1. The zero-order valence-electron chi connectivity index (χ0n) is 17.6. The van der Waals surface area contributed by atoms with Crippen LogP contribution in [0.2, 0.25) is 0 Å². The SMILES string of the molecule is Cc1ccc(F)c([C@@H](C)[C@H](NS(=O)(=O)c2ccc3c(c2)OCCO3)c2n[nH]c(=O)o2)c1C. The Hall–Kier alpha value is -3.18. The quantitative estimate of drug-likeness (QED) is 0.576. The van der Waals surface area contributed by atoms with Crippen LogP contribution in [0.1, 0.15) is 41.5 Å². The van der Waals surface area contributed by atoms with E-state index >= 15 is 0 Å². The number of benzene rings is 2. The number of hydrogen-bond donors (Lipinski definition) is 2. The molecule has 0 aliphatic carbocycles. The molecular formula is C21H22FN3O6S. The molecule has 9 nitrogen and oxygen atoms in total. The highest BCUT2D eigenvalue weighted by molar-refractivity contribution is 7.89. The van der Waals surface area contributed by atoms with Gasteiger partial charge in [-0.2, -0.15) is 4.72 Å². The maximum Gasteiger partial charge on any atom is 0.434 e. The molecule has 0 unspecified atom stereocenters. The van der Waals surface area contributed by atoms with E-state index in [0.29, 0.717) is 35.8 Å². The number of aryl methyl sites for hydroxylation is 1. The first-order valence-electron chi connectivity index (χ1n) is 9.90. The highest BCUT2D eigenvalue weighted by Gasteiger charge is 2.34. The van der Waals surface area contributed by atoms with Gasteiger partial charge in [0.15, 0.2) is 11.5 Å². The molecule has 1 aromatic heterocycles. The van der Waals surface area contributed by atoms with Crippen LogP contribution in [-0.4, -0.2) is 31.8 Å². The van der Waals surface area contributed by atoms with Crippen LogP contribution in [0.25, 0.3) is 0 Å². The molecule has 2 aromatic carbocycles. The summed E-state index contributed by atoms with van der Waals surface area (Å²) >= 11 is 0. The molecule has 11 heteroatoms. The van der Waals surface area contributed by atoms with Crippen LogP contribution in [0.4, 0.5) is 4.39 Å². The van der Waals surface area contributed by atoms with Crippen LogP contribution in [0, 0.1) is 19.7 Å². The lowest BCUT2D eigenvalue weighted by Gasteiger charge is -2.25. The Morgan fingerprint density at radius 2 is 1.84 bits per heavy atom. The monoisotopic (exact) mass is 463 g/mol. The summed E-state index contributed by atoms with van der Waals surface area (Å²) in [5.74, 6) is -1.57. The molecule has 2 heterocycles. The van der Waals surface area contributed by atoms with E-state index in [0.717, 1.165) is 5.56 Å². The number of aromatic amines is 1. The minimum atomic E-state index is -4.14. The number of H-pyrrole nitrogens is 1. The Balaban J connectivity index is 1.75. The van der Waals surface area contributed by atoms with Gasteiger partial charge in [-0.05, 0) is 48.7 Å². The van der Waals surface area contributed by atoms with Crippen molar-refractivity contribution in [3.63, 3.8) is 0 Å². The predicted molar refractivity (Wildman–Crippen MR) is 112 cm³/mol. The number of aromatic nitrogens is 2. The normalized spacial score (nSPS) is 15.4. The van der Waals surface area contributed by atoms with E-state index < -0.39 is 33.6 Å². The predicted octanol–water partition coefficient (Wildman–Crippen LogP) is 2.71. The maximum atomic E-state index is 14.8. The van der Waals surface area contributed by atoms with Crippen LogP contribution in [-0.2, 0) is 10.0 Å². The van der Waals surface area contributed by atoms with Crippen molar-refractivity contribution in [2.24, 2.45) is 0 Å². The van der Waals surface area contributed by atoms with Crippen molar-refractivity contribution >= 4 is 10.0 Å². The van der Waals surface area contributed by atoms with Gasteiger partial charge < -0.3 is 13.9 Å². The first-order valence-corrected chi connectivity index (χ1v) is 11.4. The first kappa shape index (κ1) is 22.0. The third-order valence-electron chi connectivity index (χ3n) is 5.51. The van der Waals surface area contributed by atoms with Gasteiger partial charge in [0.2, 0.25) is 15.9 Å². The molecule has 0 fully saturated rings. The van der Waals surface area contributed by atoms with Crippen molar-refractivity contribution in [3.05, 3.63) is 69.3 Å². The van der Waals surface area contributed by atoms with E-state index in [1.165, 1.54) is 24.3 Å². The molecule has 1 aliphatic rings. The van der Waals surface area contributed by atoms with Crippen LogP contribution < -0.4 is 20.0 Å². The Labute approximate surface area is 183 Å². The lowest BCUT2D eigenvalue weighted by Crippen LogP contribution is -2.33. The molecule has 0 saturated carbocycles. The summed E-state index contributed by atoms with van der Waals surface area (Å²) < 4.78 is 59.7. The Morgan fingerprint density at radius 3 is 2.53 bits per heavy atom. The van der Waals surface area contributed by atoms with Crippen molar-refractivity contribution in [1.29, 1.82) is 0 Å². The van der Waals surface area contributed by atoms with Crippen LogP contribution >= 0.6 is 0 Å². The highest BCUT2D eigenvalue weighted by Crippen LogP contribution is 2.36. The summed E-state index contributed by atoms with van der Waals surface area (Å²) in [6.45, 7) is 5.88. The van der Waals surface area contributed by atoms with E-state index in [2.05, 4.69) is 14.9 Å². The number of nitrogens with zero attached hydrogens (tertiary/aromatic N) is 1. The summed E-state index contributed by atoms with van der Waals surface area (Å²) in [7, 11) is -4.14. The molecule has 0 amide bonds. The molecule has 2 N–H and O–H groups in total. The zero-order chi connectivity index (χ0) is 23.0. The van der Waals surface area contributed by atoms with Gasteiger partial charge in [0.1, 0.15) is 25.1 Å². The number of sulfonamides is 1. The van der Waals surface area contributed by atoms with Crippen molar-refractivity contribution < 1.29 is 26.7 Å². The maximum absolute atomic E-state index is 14.8. The summed E-state index contributed by atoms with van der Waals surface area (Å²) in [6.07, 6.45) is 0. The Bertz CT molecular complexity index is 1320. The smallest absolute Gasteiger partial charge is 0.434 e. The van der Waals surface area contributed by atoms with Crippen LogP contribution in [0.3, 0.4) is 0 Å². The topological polar surface area (TPSA) is 124 Å². The molecule has 3 aromatic rings. The second kappa shape index (κ2) is 8.40. The molecule has 4 rings (SSSR count). The average molecular weight is 463 g/mol. The molecule has 2 atom stereocenters. The van der Waals surface area contributed by atoms with E-state index in [-0.39, 0.29) is 10.8 Å². The van der Waals surface area contributed by atoms with Gasteiger partial charge in [0.25, 0.3) is 0 Å². The van der Waals surface area contributed by atoms with Gasteiger partial charge in [-0.3, -0.25) is 0 Å². The third kappa shape index (κ3) is 4.13. The Morgan fingerprint density at radius 1 is 1.12 bits per heavy atom. The minimum Gasteiger partial charge on any atom is -0.486 e. The molecule has 0 spiro atoms. The molecule has 170 valence electrons. The molecular weight excluding hydrogens is 441 g/mol. The van der Waals surface area contributed by atoms with Crippen molar-refractivity contribution in [1.82, 2.24) is 14.9 Å². The van der Waals surface area contributed by atoms with Gasteiger partial charge in [-0.15, -0.1) is 5.10 Å². The number of rotatable bonds is 6. The molecule has 32 heavy (non-hydrogen) atoms. The molecule has 0 radical (unpaired) electrons. The number of nitrogens with one attached hydrogen (secondary N) is 2. The minimum absolute atomic E-state index is 0.0849. The number of ether oxygens (including phenoxy) is 2. The lowest BCUT2D eigenvalue weighted by molar-refractivity contribution is 0.171. The van der Waals surface area contributed by atoms with E-state index in [1.54, 1.807) is 19.9 Å². The summed E-state index contributed by atoms with van der Waals surface area (Å²) in [5, 5.41) is 5.92. The largest absolute Gasteiger partial charge is 0.486 e. The number of fused-ring (bicyclic) bond motifs is 1. The molecule has 0 saturated heterocycles. The highest BCUT2D eigenvalue weighted by atomic mass is 32.2. The average Bonchev–Trinajstić information content (AvgIpc) is 3.20. The van der Waals surface area contributed by atoms with E-state index in [9.17, 15) is 17.6 Å². The fourth-order valence-electron chi connectivity index (χ4n) is 3.70. The van der Waals surface area contributed by atoms with Gasteiger partial charge >= 0.3 is 5.76 Å². The van der Waals surface area contributed by atoms with Crippen LogP contribution in [0.5, 0.6) is 11.5 Å². The lowest BCUT2D eigenvalue weighted by atomic mass is 9.88. The van der Waals surface area contributed by atoms with Gasteiger partial charge in [0.05, 0.1) is 4.90 Å². The van der Waals surface area contributed by atoms with Gasteiger partial charge in [-0.1, -0.05) is 13.0 Å². The second-order valence-electron chi connectivity index (χ2n) is 7.55. The molecule has 0 bridgehead atoms. The van der Waals surface area contributed by atoms with Crippen molar-refractivity contribution in [2.45, 2.75) is 37.6 Å². The van der Waals surface area contributed by atoms with Crippen molar-refractivity contribution in [2.75, 3.05) is 13.2 Å². The van der Waals surface area contributed by atoms with Crippen molar-refractivity contribution in [3.8, 4) is 11.5 Å².